The fourth-order valence-corrected chi connectivity index (χ4v) is 0.928. The first-order valence-corrected chi connectivity index (χ1v) is 3.62. The van der Waals surface area contributed by atoms with Gasteiger partial charge in [0.25, 0.3) is 0 Å². The van der Waals surface area contributed by atoms with E-state index in [-0.39, 0.29) is 0 Å². The van der Waals surface area contributed by atoms with Gasteiger partial charge in [-0.1, -0.05) is 0 Å². The number of aliphatic hydroxyl groups is 1. The molecular formula is C8H13N3O. The SMILES string of the molecule is CN(CC(C)(C)O)C(C#N)C#N. The topological polar surface area (TPSA) is 71.0 Å². The van der Waals surface area contributed by atoms with E-state index >= 15 is 0 Å². The number of nitrogens with zero attached hydrogens (tertiary/aromatic N) is 3. The minimum atomic E-state index is -0.874. The van der Waals surface area contributed by atoms with Gasteiger partial charge in [-0.25, -0.2) is 0 Å². The Kier molecular flexibility index (Phi) is 3.69. The fraction of sp³-hybridized carbons (Fsp3) is 0.750. The Hall–Kier alpha value is -1.10. The molecule has 0 heterocycles. The molecule has 0 rings (SSSR count). The van der Waals surface area contributed by atoms with Crippen LogP contribution in [0.25, 0.3) is 0 Å². The molecular weight excluding hydrogens is 154 g/mol. The Bertz CT molecular complexity index is 204. The highest BCUT2D eigenvalue weighted by atomic mass is 16.3. The Morgan fingerprint density at radius 3 is 2.08 bits per heavy atom. The van der Waals surface area contributed by atoms with Gasteiger partial charge < -0.3 is 5.11 Å². The molecule has 0 saturated carbocycles. The Balaban J connectivity index is 4.16. The molecule has 0 spiro atoms. The van der Waals surface area contributed by atoms with E-state index < -0.39 is 11.6 Å². The van der Waals surface area contributed by atoms with Gasteiger partial charge in [0.05, 0.1) is 17.7 Å². The molecule has 4 heteroatoms. The maximum absolute atomic E-state index is 9.37. The van der Waals surface area contributed by atoms with Crippen LogP contribution in [0.3, 0.4) is 0 Å². The molecule has 0 aliphatic heterocycles. The summed E-state index contributed by atoms with van der Waals surface area (Å²) in [4.78, 5) is 1.51. The Morgan fingerprint density at radius 1 is 1.42 bits per heavy atom. The van der Waals surface area contributed by atoms with Gasteiger partial charge in [-0.15, -0.1) is 0 Å². The summed E-state index contributed by atoms with van der Waals surface area (Å²) in [6.07, 6.45) is 0. The number of hydrogen-bond donors (Lipinski definition) is 1. The molecule has 0 fully saturated rings. The van der Waals surface area contributed by atoms with Crippen molar-refractivity contribution in [1.82, 2.24) is 4.90 Å². The molecule has 0 aromatic rings. The summed E-state index contributed by atoms with van der Waals surface area (Å²) in [5, 5.41) is 26.4. The van der Waals surface area contributed by atoms with E-state index in [1.54, 1.807) is 20.9 Å². The maximum atomic E-state index is 9.37. The van der Waals surface area contributed by atoms with Crippen molar-refractivity contribution in [2.75, 3.05) is 13.6 Å². The third-order valence-corrected chi connectivity index (χ3v) is 1.32. The molecule has 0 aliphatic rings. The predicted molar refractivity (Wildman–Crippen MR) is 43.9 cm³/mol. The zero-order valence-electron chi connectivity index (χ0n) is 7.57. The minimum Gasteiger partial charge on any atom is -0.389 e. The molecule has 0 bridgehead atoms. The molecule has 0 radical (unpaired) electrons. The zero-order chi connectivity index (χ0) is 9.78. The van der Waals surface area contributed by atoms with Gasteiger partial charge in [-0.05, 0) is 20.9 Å². The number of nitriles is 2. The third-order valence-electron chi connectivity index (χ3n) is 1.32. The van der Waals surface area contributed by atoms with Crippen molar-refractivity contribution in [3.8, 4) is 12.1 Å². The largest absolute Gasteiger partial charge is 0.389 e. The van der Waals surface area contributed by atoms with Crippen LogP contribution in [0.15, 0.2) is 0 Å². The Labute approximate surface area is 72.6 Å². The summed E-state index contributed by atoms with van der Waals surface area (Å²) >= 11 is 0. The lowest BCUT2D eigenvalue weighted by molar-refractivity contribution is 0.0430. The quantitative estimate of drug-likeness (QED) is 0.647. The molecule has 0 aliphatic carbocycles. The maximum Gasteiger partial charge on any atom is 0.185 e. The highest BCUT2D eigenvalue weighted by molar-refractivity contribution is 5.07. The first-order chi connectivity index (χ1) is 5.40. The van der Waals surface area contributed by atoms with Crippen molar-refractivity contribution >= 4 is 0 Å². The van der Waals surface area contributed by atoms with Crippen molar-refractivity contribution < 1.29 is 5.11 Å². The van der Waals surface area contributed by atoms with E-state index in [1.165, 1.54) is 4.90 Å². The van der Waals surface area contributed by atoms with Crippen molar-refractivity contribution in [3.05, 3.63) is 0 Å². The van der Waals surface area contributed by atoms with Crippen LogP contribution < -0.4 is 0 Å². The predicted octanol–water partition coefficient (Wildman–Crippen LogP) is 0.105. The summed E-state index contributed by atoms with van der Waals surface area (Å²) in [5.74, 6) is 0. The lowest BCUT2D eigenvalue weighted by Crippen LogP contribution is -2.40. The number of rotatable bonds is 3. The van der Waals surface area contributed by atoms with E-state index in [4.69, 9.17) is 10.5 Å². The van der Waals surface area contributed by atoms with E-state index in [9.17, 15) is 5.11 Å². The molecule has 1 N–H and O–H groups in total. The van der Waals surface area contributed by atoms with Crippen LogP contribution in [-0.2, 0) is 0 Å². The van der Waals surface area contributed by atoms with Gasteiger partial charge >= 0.3 is 0 Å². The summed E-state index contributed by atoms with van der Waals surface area (Å²) in [7, 11) is 1.63. The first kappa shape index (κ1) is 10.9. The molecule has 4 nitrogen and oxygen atoms in total. The van der Waals surface area contributed by atoms with E-state index in [0.29, 0.717) is 6.54 Å². The molecule has 0 atom stereocenters. The average Bonchev–Trinajstić information content (AvgIpc) is 1.85. The smallest absolute Gasteiger partial charge is 0.185 e. The first-order valence-electron chi connectivity index (χ1n) is 3.62. The van der Waals surface area contributed by atoms with Gasteiger partial charge in [0.15, 0.2) is 6.04 Å². The third kappa shape index (κ3) is 3.92. The zero-order valence-corrected chi connectivity index (χ0v) is 7.57. The van der Waals surface area contributed by atoms with E-state index in [2.05, 4.69) is 0 Å². The lowest BCUT2D eigenvalue weighted by atomic mass is 10.1. The van der Waals surface area contributed by atoms with Crippen LogP contribution in [-0.4, -0.2) is 35.2 Å². The average molecular weight is 167 g/mol. The normalized spacial score (nSPS) is 11.3. The van der Waals surface area contributed by atoms with Crippen LogP contribution in [0.2, 0.25) is 0 Å². The monoisotopic (exact) mass is 167 g/mol. The van der Waals surface area contributed by atoms with Crippen LogP contribution >= 0.6 is 0 Å². The second-order valence-electron chi connectivity index (χ2n) is 3.39. The summed E-state index contributed by atoms with van der Waals surface area (Å²) in [5.41, 5.74) is -0.874. The minimum absolute atomic E-state index is 0.304. The van der Waals surface area contributed by atoms with Crippen LogP contribution in [0.1, 0.15) is 13.8 Å². The number of hydrogen-bond acceptors (Lipinski definition) is 4. The summed E-state index contributed by atoms with van der Waals surface area (Å²) in [6.45, 7) is 3.57. The highest BCUT2D eigenvalue weighted by Crippen LogP contribution is 2.05. The second kappa shape index (κ2) is 4.06. The molecule has 0 saturated heterocycles. The standard InChI is InChI=1S/C8H13N3O/c1-8(2,12)6-11(3)7(4-9)5-10/h7,12H,6H2,1-3H3. The molecule has 0 aromatic carbocycles. The van der Waals surface area contributed by atoms with Crippen molar-refractivity contribution in [3.63, 3.8) is 0 Å². The number of likely N-dealkylation sites (N-methyl/N-ethyl adjacent to an activating group) is 1. The van der Waals surface area contributed by atoms with Gasteiger partial charge in [0.1, 0.15) is 0 Å². The lowest BCUT2D eigenvalue weighted by Gasteiger charge is -2.25. The van der Waals surface area contributed by atoms with Gasteiger partial charge in [0.2, 0.25) is 0 Å². The van der Waals surface area contributed by atoms with Crippen molar-refractivity contribution in [1.29, 1.82) is 10.5 Å². The van der Waals surface area contributed by atoms with Crippen LogP contribution in [0.4, 0.5) is 0 Å². The van der Waals surface area contributed by atoms with Gasteiger partial charge in [-0.3, -0.25) is 4.90 Å². The summed E-state index contributed by atoms with van der Waals surface area (Å²) < 4.78 is 0. The van der Waals surface area contributed by atoms with E-state index in [1.807, 2.05) is 12.1 Å². The van der Waals surface area contributed by atoms with Gasteiger partial charge in [-0.2, -0.15) is 10.5 Å². The molecule has 0 unspecified atom stereocenters. The molecule has 12 heavy (non-hydrogen) atoms. The molecule has 0 amide bonds. The van der Waals surface area contributed by atoms with Crippen LogP contribution in [0, 0.1) is 22.7 Å². The van der Waals surface area contributed by atoms with Gasteiger partial charge in [0, 0.05) is 6.54 Å². The van der Waals surface area contributed by atoms with Crippen molar-refractivity contribution in [2.45, 2.75) is 25.5 Å². The fourth-order valence-electron chi connectivity index (χ4n) is 0.928. The molecule has 0 aromatic heterocycles. The van der Waals surface area contributed by atoms with E-state index in [0.717, 1.165) is 0 Å². The Morgan fingerprint density at radius 2 is 1.83 bits per heavy atom. The highest BCUT2D eigenvalue weighted by Gasteiger charge is 2.20. The van der Waals surface area contributed by atoms with Crippen LogP contribution in [0.5, 0.6) is 0 Å². The van der Waals surface area contributed by atoms with Crippen molar-refractivity contribution in [2.24, 2.45) is 0 Å². The molecule has 66 valence electrons. The second-order valence-corrected chi connectivity index (χ2v) is 3.39. The summed E-state index contributed by atoms with van der Waals surface area (Å²) in [6, 6.07) is 2.87.